The van der Waals surface area contributed by atoms with E-state index >= 15 is 0 Å². The quantitative estimate of drug-likeness (QED) is 0.560. The van der Waals surface area contributed by atoms with Crippen molar-refractivity contribution in [2.75, 3.05) is 13.2 Å². The number of hydrogen-bond donors (Lipinski definition) is 0. The van der Waals surface area contributed by atoms with Crippen molar-refractivity contribution in [2.24, 2.45) is 11.8 Å². The highest BCUT2D eigenvalue weighted by molar-refractivity contribution is 5.48. The molecule has 19 heavy (non-hydrogen) atoms. The Hall–Kier alpha value is -1.78. The van der Waals surface area contributed by atoms with Gasteiger partial charge in [-0.3, -0.25) is 10.1 Å². The molecule has 2 fully saturated rings. The third-order valence-corrected chi connectivity index (χ3v) is 3.48. The highest BCUT2D eigenvalue weighted by atomic mass is 16.6. The molecular formula is C14H17NO4. The maximum atomic E-state index is 10.8. The first-order valence-corrected chi connectivity index (χ1v) is 6.76. The van der Waals surface area contributed by atoms with Crippen molar-refractivity contribution in [1.29, 1.82) is 0 Å². The Kier molecular flexibility index (Phi) is 3.27. The van der Waals surface area contributed by atoms with E-state index in [4.69, 9.17) is 9.47 Å². The predicted octanol–water partition coefficient (Wildman–Crippen LogP) is 3.17. The van der Waals surface area contributed by atoms with Crippen LogP contribution in [0.5, 0.6) is 11.5 Å². The molecule has 0 amide bonds. The molecule has 2 saturated carbocycles. The zero-order valence-corrected chi connectivity index (χ0v) is 10.7. The molecule has 2 aliphatic carbocycles. The summed E-state index contributed by atoms with van der Waals surface area (Å²) in [6.45, 7) is 1.30. The molecule has 0 N–H and O–H groups in total. The summed E-state index contributed by atoms with van der Waals surface area (Å²) >= 11 is 0. The molecule has 0 heterocycles. The van der Waals surface area contributed by atoms with Gasteiger partial charge < -0.3 is 9.47 Å². The number of non-ortho nitro benzene ring substituents is 1. The summed E-state index contributed by atoms with van der Waals surface area (Å²) < 4.78 is 11.4. The van der Waals surface area contributed by atoms with Gasteiger partial charge in [0.2, 0.25) is 0 Å². The summed E-state index contributed by atoms with van der Waals surface area (Å²) in [6, 6.07) is 4.57. The molecule has 0 aromatic heterocycles. The minimum Gasteiger partial charge on any atom is -0.489 e. The van der Waals surface area contributed by atoms with E-state index in [1.54, 1.807) is 6.07 Å². The van der Waals surface area contributed by atoms with Crippen LogP contribution in [0.25, 0.3) is 0 Å². The van der Waals surface area contributed by atoms with Gasteiger partial charge in [0.1, 0.15) is 0 Å². The van der Waals surface area contributed by atoms with E-state index in [1.807, 2.05) is 0 Å². The van der Waals surface area contributed by atoms with Gasteiger partial charge in [-0.25, -0.2) is 0 Å². The van der Waals surface area contributed by atoms with Crippen LogP contribution in [0.15, 0.2) is 18.2 Å². The van der Waals surface area contributed by atoms with Gasteiger partial charge in [0.15, 0.2) is 11.5 Å². The number of rotatable bonds is 7. The lowest BCUT2D eigenvalue weighted by Gasteiger charge is -2.12. The van der Waals surface area contributed by atoms with Crippen molar-refractivity contribution in [2.45, 2.75) is 25.7 Å². The monoisotopic (exact) mass is 263 g/mol. The largest absolute Gasteiger partial charge is 0.489 e. The van der Waals surface area contributed by atoms with Crippen LogP contribution in [0.4, 0.5) is 5.69 Å². The van der Waals surface area contributed by atoms with Gasteiger partial charge in [0.25, 0.3) is 5.69 Å². The molecule has 0 saturated heterocycles. The number of nitro groups is 1. The second kappa shape index (κ2) is 5.07. The van der Waals surface area contributed by atoms with Gasteiger partial charge >= 0.3 is 0 Å². The minimum atomic E-state index is -0.408. The van der Waals surface area contributed by atoms with E-state index < -0.39 is 4.92 Å². The lowest BCUT2D eigenvalue weighted by atomic mass is 10.2. The Labute approximate surface area is 111 Å². The summed E-state index contributed by atoms with van der Waals surface area (Å²) in [7, 11) is 0. The fourth-order valence-electron chi connectivity index (χ4n) is 1.83. The van der Waals surface area contributed by atoms with Crippen LogP contribution in [-0.4, -0.2) is 18.1 Å². The predicted molar refractivity (Wildman–Crippen MR) is 69.5 cm³/mol. The Balaban J connectivity index is 1.71. The summed E-state index contributed by atoms with van der Waals surface area (Å²) in [5, 5.41) is 10.8. The van der Waals surface area contributed by atoms with E-state index in [9.17, 15) is 10.1 Å². The van der Waals surface area contributed by atoms with Crippen LogP contribution in [-0.2, 0) is 0 Å². The van der Waals surface area contributed by atoms with Crippen LogP contribution in [0, 0.1) is 22.0 Å². The van der Waals surface area contributed by atoms with Crippen molar-refractivity contribution >= 4 is 5.69 Å². The fourth-order valence-corrected chi connectivity index (χ4v) is 1.83. The van der Waals surface area contributed by atoms with Gasteiger partial charge in [-0.05, 0) is 43.6 Å². The molecule has 1 aromatic carbocycles. The standard InChI is InChI=1S/C14H17NO4/c16-15(17)12-5-6-13(18-8-10-1-2-10)14(7-12)19-9-11-3-4-11/h5-7,10-11H,1-4,8-9H2. The van der Waals surface area contributed by atoms with E-state index in [2.05, 4.69) is 0 Å². The zero-order valence-electron chi connectivity index (χ0n) is 10.7. The van der Waals surface area contributed by atoms with Crippen LogP contribution in [0.3, 0.4) is 0 Å². The maximum absolute atomic E-state index is 10.8. The van der Waals surface area contributed by atoms with E-state index in [-0.39, 0.29) is 5.69 Å². The average molecular weight is 263 g/mol. The molecule has 0 bridgehead atoms. The summed E-state index contributed by atoms with van der Waals surface area (Å²) in [4.78, 5) is 10.4. The highest BCUT2D eigenvalue weighted by Crippen LogP contribution is 2.36. The lowest BCUT2D eigenvalue weighted by molar-refractivity contribution is -0.385. The third-order valence-electron chi connectivity index (χ3n) is 3.48. The summed E-state index contributed by atoms with van der Waals surface area (Å²) in [6.07, 6.45) is 4.80. The zero-order chi connectivity index (χ0) is 13.2. The van der Waals surface area contributed by atoms with Crippen molar-refractivity contribution < 1.29 is 14.4 Å². The molecule has 0 atom stereocenters. The molecule has 0 radical (unpaired) electrons. The summed E-state index contributed by atoms with van der Waals surface area (Å²) in [5.41, 5.74) is 0.0459. The van der Waals surface area contributed by atoms with Gasteiger partial charge in [-0.1, -0.05) is 0 Å². The SMILES string of the molecule is O=[N+]([O-])c1ccc(OCC2CC2)c(OCC2CC2)c1. The van der Waals surface area contributed by atoms with Crippen molar-refractivity contribution in [3.63, 3.8) is 0 Å². The number of ether oxygens (including phenoxy) is 2. The second-order valence-corrected chi connectivity index (χ2v) is 5.40. The van der Waals surface area contributed by atoms with E-state index in [0.29, 0.717) is 36.5 Å². The average Bonchev–Trinajstić information content (AvgIpc) is 3.27. The Bertz CT molecular complexity index is 480. The Morgan fingerprint density at radius 2 is 1.63 bits per heavy atom. The van der Waals surface area contributed by atoms with Crippen molar-refractivity contribution in [3.05, 3.63) is 28.3 Å². The molecule has 5 heteroatoms. The number of nitrogens with zero attached hydrogens (tertiary/aromatic N) is 1. The number of hydrogen-bond acceptors (Lipinski definition) is 4. The first-order valence-electron chi connectivity index (χ1n) is 6.76. The first-order chi connectivity index (χ1) is 9.22. The molecule has 2 aliphatic rings. The van der Waals surface area contributed by atoms with Gasteiger partial charge in [0.05, 0.1) is 24.2 Å². The Morgan fingerprint density at radius 3 is 2.16 bits per heavy atom. The second-order valence-electron chi connectivity index (χ2n) is 5.40. The molecule has 5 nitrogen and oxygen atoms in total. The Morgan fingerprint density at radius 1 is 1.05 bits per heavy atom. The number of nitro benzene ring substituents is 1. The molecule has 0 unspecified atom stereocenters. The van der Waals surface area contributed by atoms with E-state index in [0.717, 1.165) is 0 Å². The first kappa shape index (κ1) is 12.3. The number of benzene rings is 1. The molecule has 1 aromatic rings. The molecule has 3 rings (SSSR count). The molecular weight excluding hydrogens is 246 g/mol. The minimum absolute atomic E-state index is 0.0459. The smallest absolute Gasteiger partial charge is 0.273 e. The van der Waals surface area contributed by atoms with Crippen molar-refractivity contribution in [3.8, 4) is 11.5 Å². The van der Waals surface area contributed by atoms with Crippen LogP contribution >= 0.6 is 0 Å². The maximum Gasteiger partial charge on any atom is 0.273 e. The third kappa shape index (κ3) is 3.36. The van der Waals surface area contributed by atoms with Crippen molar-refractivity contribution in [1.82, 2.24) is 0 Å². The van der Waals surface area contributed by atoms with Gasteiger partial charge in [0, 0.05) is 6.07 Å². The summed E-state index contributed by atoms with van der Waals surface area (Å²) in [5.74, 6) is 2.38. The fraction of sp³-hybridized carbons (Fsp3) is 0.571. The van der Waals surface area contributed by atoms with Crippen LogP contribution in [0.1, 0.15) is 25.7 Å². The lowest BCUT2D eigenvalue weighted by Crippen LogP contribution is -2.05. The molecule has 0 aliphatic heterocycles. The van der Waals surface area contributed by atoms with Crippen LogP contribution in [0.2, 0.25) is 0 Å². The van der Waals surface area contributed by atoms with Gasteiger partial charge in [-0.15, -0.1) is 0 Å². The molecule has 102 valence electrons. The normalized spacial score (nSPS) is 18.1. The topological polar surface area (TPSA) is 61.6 Å². The van der Waals surface area contributed by atoms with Crippen LogP contribution < -0.4 is 9.47 Å². The van der Waals surface area contributed by atoms with E-state index in [1.165, 1.54) is 37.8 Å². The van der Waals surface area contributed by atoms with Gasteiger partial charge in [-0.2, -0.15) is 0 Å². The molecule has 0 spiro atoms. The highest BCUT2D eigenvalue weighted by Gasteiger charge is 2.25.